The first-order valence-electron chi connectivity index (χ1n) is 9.82. The molecule has 3 nitrogen and oxygen atoms in total. The Hall–Kier alpha value is -2.10. The number of aliphatic hydroxyl groups is 1. The number of benzene rings is 1. The molecule has 32 heavy (non-hydrogen) atoms. The van der Waals surface area contributed by atoms with Gasteiger partial charge in [-0.15, -0.1) is 0 Å². The molecule has 0 aromatic heterocycles. The van der Waals surface area contributed by atoms with Crippen LogP contribution >= 0.6 is 55.8 Å². The van der Waals surface area contributed by atoms with Crippen molar-refractivity contribution < 1.29 is 15.0 Å². The highest BCUT2D eigenvalue weighted by atomic mass is 32.2. The molecule has 8 heteroatoms. The van der Waals surface area contributed by atoms with Gasteiger partial charge in [-0.25, -0.2) is 4.79 Å². The summed E-state index contributed by atoms with van der Waals surface area (Å²) in [5.41, 5.74) is 1.07. The fourth-order valence-electron chi connectivity index (χ4n) is 4.04. The molecule has 0 bridgehead atoms. The third-order valence-electron chi connectivity index (χ3n) is 5.27. The lowest BCUT2D eigenvalue weighted by atomic mass is 10.1. The monoisotopic (exact) mass is 518 g/mol. The summed E-state index contributed by atoms with van der Waals surface area (Å²) in [4.78, 5) is 16.4. The van der Waals surface area contributed by atoms with Gasteiger partial charge in [0.05, 0.1) is 11.1 Å². The van der Waals surface area contributed by atoms with Crippen LogP contribution in [0.5, 0.6) is 0 Å². The molecule has 0 saturated carbocycles. The molecule has 4 aliphatic rings. The van der Waals surface area contributed by atoms with Crippen LogP contribution < -0.4 is 0 Å². The molecule has 0 saturated heterocycles. The van der Waals surface area contributed by atoms with Gasteiger partial charge < -0.3 is 10.2 Å². The third kappa shape index (κ3) is 3.70. The average molecular weight is 519 g/mol. The minimum Gasteiger partial charge on any atom is -0.498 e. The van der Waals surface area contributed by atoms with Gasteiger partial charge in [0.2, 0.25) is 0 Å². The Morgan fingerprint density at radius 3 is 1.00 bits per heavy atom. The highest BCUT2D eigenvalue weighted by Crippen LogP contribution is 2.64. The van der Waals surface area contributed by atoms with Crippen LogP contribution in [-0.2, 0) is 0 Å². The van der Waals surface area contributed by atoms with Gasteiger partial charge in [0.15, 0.2) is 5.05 Å². The Kier molecular flexibility index (Phi) is 6.14. The van der Waals surface area contributed by atoms with Crippen molar-refractivity contribution in [3.05, 3.63) is 103 Å². The molecule has 0 radical (unpaired) electrons. The maximum atomic E-state index is 12.9. The number of hydrogen-bond donors (Lipinski definition) is 6. The largest absolute Gasteiger partial charge is 0.498 e. The topological polar surface area (TPSA) is 57.5 Å². The molecule has 166 valence electrons. The second kappa shape index (κ2) is 9.03. The SMILES string of the molecule is O=C(O)c1c([SH]2C=CC=C2)c([SH]2C=CC=C2)c(C(O)=S)c([SH]2C=CC=C2)c1[SH]1C=CC=C1. The predicted octanol–water partition coefficient (Wildman–Crippen LogP) is 7.22. The van der Waals surface area contributed by atoms with Crippen LogP contribution in [0.2, 0.25) is 0 Å². The summed E-state index contributed by atoms with van der Waals surface area (Å²) in [6, 6.07) is 0. The lowest BCUT2D eigenvalue weighted by molar-refractivity contribution is 0.0687. The van der Waals surface area contributed by atoms with E-state index in [-0.39, 0.29) is 5.05 Å². The molecule has 1 aromatic carbocycles. The van der Waals surface area contributed by atoms with Crippen LogP contribution in [-0.4, -0.2) is 21.2 Å². The van der Waals surface area contributed by atoms with Crippen molar-refractivity contribution in [3.63, 3.8) is 0 Å². The number of aromatic carboxylic acids is 1. The van der Waals surface area contributed by atoms with Crippen LogP contribution in [0.3, 0.4) is 0 Å². The van der Waals surface area contributed by atoms with Gasteiger partial charge in [0.1, 0.15) is 0 Å². The molecule has 0 unspecified atom stereocenters. The molecule has 0 amide bonds. The molecule has 5 rings (SSSR count). The van der Waals surface area contributed by atoms with Crippen LogP contribution in [0.1, 0.15) is 15.9 Å². The molecule has 0 aliphatic carbocycles. The number of rotatable bonds is 6. The molecular formula is C24H22O3S5. The van der Waals surface area contributed by atoms with E-state index in [4.69, 9.17) is 12.2 Å². The minimum absolute atomic E-state index is 0.147. The first-order chi connectivity index (χ1) is 15.6. The van der Waals surface area contributed by atoms with Gasteiger partial charge >= 0.3 is 5.97 Å². The Labute approximate surface area is 203 Å². The van der Waals surface area contributed by atoms with Crippen molar-refractivity contribution in [1.29, 1.82) is 0 Å². The number of aliphatic hydroxyl groups excluding tert-OH is 1. The van der Waals surface area contributed by atoms with Gasteiger partial charge in [0, 0.05) is 19.6 Å². The van der Waals surface area contributed by atoms with Gasteiger partial charge in [-0.3, -0.25) is 0 Å². The summed E-state index contributed by atoms with van der Waals surface area (Å²) in [5, 5.41) is 38.2. The molecule has 4 aliphatic heterocycles. The maximum absolute atomic E-state index is 12.9. The first-order valence-corrected chi connectivity index (χ1v) is 16.1. The number of hydrogen-bond acceptors (Lipinski definition) is 2. The van der Waals surface area contributed by atoms with E-state index in [1.165, 1.54) is 0 Å². The fourth-order valence-corrected chi connectivity index (χ4v) is 13.1. The van der Waals surface area contributed by atoms with E-state index in [0.29, 0.717) is 11.1 Å². The summed E-state index contributed by atoms with van der Waals surface area (Å²) in [5.74, 6) is -0.912. The summed E-state index contributed by atoms with van der Waals surface area (Å²) in [7, 11) is -3.75. The van der Waals surface area contributed by atoms with Gasteiger partial charge in [-0.05, 0) is 55.5 Å². The molecule has 0 atom stereocenters. The zero-order chi connectivity index (χ0) is 22.2. The van der Waals surface area contributed by atoms with Crippen LogP contribution in [0.4, 0.5) is 0 Å². The average Bonchev–Trinajstić information content (AvgIpc) is 3.59. The smallest absolute Gasteiger partial charge is 0.337 e. The van der Waals surface area contributed by atoms with Crippen LogP contribution in [0.15, 0.2) is 111 Å². The van der Waals surface area contributed by atoms with Crippen LogP contribution in [0, 0.1) is 0 Å². The van der Waals surface area contributed by atoms with Crippen LogP contribution in [0.25, 0.3) is 0 Å². The van der Waals surface area contributed by atoms with Gasteiger partial charge in [-0.2, -0.15) is 43.6 Å². The first kappa shape index (κ1) is 21.7. The van der Waals surface area contributed by atoms with Crippen molar-refractivity contribution in [3.8, 4) is 0 Å². The summed E-state index contributed by atoms with van der Waals surface area (Å²) < 4.78 is 0. The summed E-state index contributed by atoms with van der Waals surface area (Å²) in [6.45, 7) is 0. The predicted molar refractivity (Wildman–Crippen MR) is 150 cm³/mol. The van der Waals surface area contributed by atoms with E-state index in [1.807, 2.05) is 48.6 Å². The lowest BCUT2D eigenvalue weighted by Gasteiger charge is -2.33. The van der Waals surface area contributed by atoms with E-state index in [2.05, 4.69) is 43.3 Å². The maximum Gasteiger partial charge on any atom is 0.337 e. The fraction of sp³-hybridized carbons (Fsp3) is 0. The highest BCUT2D eigenvalue weighted by Gasteiger charge is 2.35. The summed E-state index contributed by atoms with van der Waals surface area (Å²) in [6.07, 6.45) is 15.9. The van der Waals surface area contributed by atoms with Crippen molar-refractivity contribution in [2.24, 2.45) is 0 Å². The normalized spacial score (nSPS) is 21.8. The summed E-state index contributed by atoms with van der Waals surface area (Å²) >= 11 is 5.46. The molecule has 4 heterocycles. The van der Waals surface area contributed by atoms with E-state index in [9.17, 15) is 15.0 Å². The zero-order valence-electron chi connectivity index (χ0n) is 16.7. The molecule has 2 N–H and O–H groups in total. The van der Waals surface area contributed by atoms with Crippen molar-refractivity contribution in [2.45, 2.75) is 19.6 Å². The van der Waals surface area contributed by atoms with Gasteiger partial charge in [0.25, 0.3) is 0 Å². The van der Waals surface area contributed by atoms with E-state index in [0.717, 1.165) is 19.6 Å². The molecular weight excluding hydrogens is 497 g/mol. The minimum atomic E-state index is -0.957. The number of allylic oxidation sites excluding steroid dienone is 8. The van der Waals surface area contributed by atoms with E-state index >= 15 is 0 Å². The Morgan fingerprint density at radius 2 is 0.781 bits per heavy atom. The van der Waals surface area contributed by atoms with E-state index in [1.54, 1.807) is 0 Å². The molecule has 0 spiro atoms. The Morgan fingerprint density at radius 1 is 0.531 bits per heavy atom. The second-order valence-corrected chi connectivity index (χ2v) is 14.9. The Bertz CT molecular complexity index is 1040. The Balaban J connectivity index is 1.97. The van der Waals surface area contributed by atoms with Crippen molar-refractivity contribution >= 4 is 66.8 Å². The zero-order valence-corrected chi connectivity index (χ0v) is 21.1. The number of thiocarbonyl (C=S) groups is 1. The molecule has 0 fully saturated rings. The highest BCUT2D eigenvalue weighted by molar-refractivity contribution is 8.26. The molecule has 1 aromatic rings. The number of carbonyl (C=O) groups is 1. The third-order valence-corrected chi connectivity index (χ3v) is 13.6. The van der Waals surface area contributed by atoms with E-state index < -0.39 is 49.5 Å². The number of carboxylic acids is 1. The van der Waals surface area contributed by atoms with Gasteiger partial charge in [-0.1, -0.05) is 48.6 Å². The van der Waals surface area contributed by atoms with Crippen molar-refractivity contribution in [1.82, 2.24) is 0 Å². The second-order valence-electron chi connectivity index (χ2n) is 7.12. The van der Waals surface area contributed by atoms with Crippen molar-refractivity contribution in [2.75, 3.05) is 0 Å². The number of thiol groups is 4. The quantitative estimate of drug-likeness (QED) is 0.178. The lowest BCUT2D eigenvalue weighted by Crippen LogP contribution is -2.14. The number of carboxylic acid groups (broad SMARTS) is 1. The standard InChI is InChI=1S/C24H22O3S5/c25-23(26)17-19(29-9-1-2-10-29)21(31-13-5-6-14-31)18(24(27)28)22(32-15-7-8-16-32)20(17)30-11-3-4-12-30/h1-16,29-32H,(H,25,26)(H,27,28).